The maximum atomic E-state index is 12.5. The Morgan fingerprint density at radius 3 is 2.37 bits per heavy atom. The Labute approximate surface area is 113 Å². The molecule has 108 valence electrons. The van der Waals surface area contributed by atoms with Gasteiger partial charge in [-0.05, 0) is 19.3 Å². The first-order chi connectivity index (χ1) is 9.07. The third-order valence-electron chi connectivity index (χ3n) is 4.39. The summed E-state index contributed by atoms with van der Waals surface area (Å²) < 4.78 is 0. The van der Waals surface area contributed by atoms with Gasteiger partial charge in [-0.1, -0.05) is 6.42 Å². The number of nitrogens with two attached hydrogens (primary N) is 1. The van der Waals surface area contributed by atoms with Crippen LogP contribution in [0.1, 0.15) is 25.7 Å². The van der Waals surface area contributed by atoms with Gasteiger partial charge in [-0.2, -0.15) is 0 Å². The molecule has 2 aliphatic rings. The molecule has 1 amide bonds. The third-order valence-corrected chi connectivity index (χ3v) is 4.39. The van der Waals surface area contributed by atoms with Crippen LogP contribution in [0.25, 0.3) is 0 Å². The number of aliphatic carboxylic acids is 1. The van der Waals surface area contributed by atoms with Crippen molar-refractivity contribution >= 4 is 11.9 Å². The van der Waals surface area contributed by atoms with Crippen molar-refractivity contribution < 1.29 is 14.7 Å². The van der Waals surface area contributed by atoms with Gasteiger partial charge in [-0.15, -0.1) is 0 Å². The molecule has 19 heavy (non-hydrogen) atoms. The topological polar surface area (TPSA) is 86.9 Å². The van der Waals surface area contributed by atoms with E-state index in [1.165, 1.54) is 0 Å². The molecule has 1 aliphatic heterocycles. The molecular formula is C13H23N3O3. The smallest absolute Gasteiger partial charge is 0.317 e. The van der Waals surface area contributed by atoms with Gasteiger partial charge in [0.05, 0.1) is 12.0 Å². The molecule has 2 rings (SSSR count). The minimum Gasteiger partial charge on any atom is -0.480 e. The quantitative estimate of drug-likeness (QED) is 0.734. The molecule has 1 heterocycles. The summed E-state index contributed by atoms with van der Waals surface area (Å²) in [6, 6.07) is 0. The maximum absolute atomic E-state index is 12.5. The van der Waals surface area contributed by atoms with Crippen molar-refractivity contribution in [3.05, 3.63) is 0 Å². The van der Waals surface area contributed by atoms with Crippen LogP contribution in [0.3, 0.4) is 0 Å². The molecule has 0 aromatic carbocycles. The van der Waals surface area contributed by atoms with Gasteiger partial charge < -0.3 is 15.7 Å². The van der Waals surface area contributed by atoms with E-state index >= 15 is 0 Å². The number of carbonyl (C=O) groups is 2. The van der Waals surface area contributed by atoms with Gasteiger partial charge in [0.2, 0.25) is 5.91 Å². The second-order valence-corrected chi connectivity index (χ2v) is 5.65. The van der Waals surface area contributed by atoms with Gasteiger partial charge in [-0.3, -0.25) is 14.5 Å². The van der Waals surface area contributed by atoms with Gasteiger partial charge in [0.15, 0.2) is 0 Å². The molecule has 0 atom stereocenters. The molecule has 0 bridgehead atoms. The fourth-order valence-corrected chi connectivity index (χ4v) is 2.97. The summed E-state index contributed by atoms with van der Waals surface area (Å²) in [5, 5.41) is 8.81. The van der Waals surface area contributed by atoms with E-state index in [1.807, 2.05) is 9.80 Å². The van der Waals surface area contributed by atoms with E-state index in [4.69, 9.17) is 10.8 Å². The Hall–Kier alpha value is -1.14. The molecular weight excluding hydrogens is 246 g/mol. The number of amides is 1. The Morgan fingerprint density at radius 1 is 1.11 bits per heavy atom. The van der Waals surface area contributed by atoms with Crippen molar-refractivity contribution in [1.82, 2.24) is 9.80 Å². The Kier molecular flexibility index (Phi) is 4.42. The van der Waals surface area contributed by atoms with Crippen LogP contribution in [0.4, 0.5) is 0 Å². The van der Waals surface area contributed by atoms with Crippen molar-refractivity contribution in [2.75, 3.05) is 39.3 Å². The minimum absolute atomic E-state index is 0.0596. The van der Waals surface area contributed by atoms with Crippen LogP contribution >= 0.6 is 0 Å². The average Bonchev–Trinajstić information content (AvgIpc) is 2.53. The summed E-state index contributed by atoms with van der Waals surface area (Å²) in [6.45, 7) is 3.21. The lowest BCUT2D eigenvalue weighted by atomic mass is 9.68. The lowest BCUT2D eigenvalue weighted by Gasteiger charge is -2.42. The molecule has 1 saturated heterocycles. The number of carboxylic acid groups (broad SMARTS) is 1. The number of nitrogens with zero attached hydrogens (tertiary/aromatic N) is 2. The highest BCUT2D eigenvalue weighted by molar-refractivity contribution is 5.84. The summed E-state index contributed by atoms with van der Waals surface area (Å²) >= 11 is 0. The van der Waals surface area contributed by atoms with E-state index < -0.39 is 5.97 Å². The Morgan fingerprint density at radius 2 is 1.84 bits per heavy atom. The zero-order valence-corrected chi connectivity index (χ0v) is 11.3. The molecule has 0 aromatic rings. The van der Waals surface area contributed by atoms with E-state index in [1.54, 1.807) is 0 Å². The van der Waals surface area contributed by atoms with Gasteiger partial charge in [0.1, 0.15) is 0 Å². The number of hydrogen-bond acceptors (Lipinski definition) is 4. The summed E-state index contributed by atoms with van der Waals surface area (Å²) in [5.74, 6) is -0.629. The Balaban J connectivity index is 1.91. The van der Waals surface area contributed by atoms with Crippen molar-refractivity contribution in [3.63, 3.8) is 0 Å². The van der Waals surface area contributed by atoms with E-state index in [9.17, 15) is 9.59 Å². The zero-order valence-electron chi connectivity index (χ0n) is 11.3. The largest absolute Gasteiger partial charge is 0.480 e. The average molecular weight is 269 g/mol. The molecule has 0 unspecified atom stereocenters. The van der Waals surface area contributed by atoms with Crippen LogP contribution in [-0.2, 0) is 9.59 Å². The van der Waals surface area contributed by atoms with E-state index in [2.05, 4.69) is 0 Å². The van der Waals surface area contributed by atoms with Crippen molar-refractivity contribution in [1.29, 1.82) is 0 Å². The van der Waals surface area contributed by atoms with Crippen LogP contribution in [0.15, 0.2) is 0 Å². The lowest BCUT2D eigenvalue weighted by molar-refractivity contribution is -0.146. The normalized spacial score (nSPS) is 23.5. The monoisotopic (exact) mass is 269 g/mol. The number of rotatable bonds is 4. The van der Waals surface area contributed by atoms with Gasteiger partial charge >= 0.3 is 5.97 Å². The predicted molar refractivity (Wildman–Crippen MR) is 70.6 cm³/mol. The summed E-state index contributed by atoms with van der Waals surface area (Å²) in [6.07, 6.45) is 3.72. The highest BCUT2D eigenvalue weighted by atomic mass is 16.4. The third kappa shape index (κ3) is 3.06. The van der Waals surface area contributed by atoms with Gasteiger partial charge in [0.25, 0.3) is 0 Å². The first-order valence-corrected chi connectivity index (χ1v) is 7.01. The molecule has 1 saturated carbocycles. The standard InChI is InChI=1S/C13H23N3O3/c14-10-13(3-1-4-13)12(19)16-6-2-5-15(7-8-16)9-11(17)18/h1-10,14H2,(H,17,18). The fraction of sp³-hybridized carbons (Fsp3) is 0.846. The highest BCUT2D eigenvalue weighted by Gasteiger charge is 2.45. The van der Waals surface area contributed by atoms with E-state index in [-0.39, 0.29) is 17.9 Å². The molecule has 2 fully saturated rings. The highest BCUT2D eigenvalue weighted by Crippen LogP contribution is 2.41. The van der Waals surface area contributed by atoms with E-state index in [0.717, 1.165) is 38.8 Å². The minimum atomic E-state index is -0.808. The molecule has 1 aliphatic carbocycles. The molecule has 0 radical (unpaired) electrons. The lowest BCUT2D eigenvalue weighted by Crippen LogP contribution is -2.52. The van der Waals surface area contributed by atoms with Gasteiger partial charge in [0, 0.05) is 32.7 Å². The first kappa shape index (κ1) is 14.3. The van der Waals surface area contributed by atoms with Crippen molar-refractivity contribution in [2.24, 2.45) is 11.1 Å². The van der Waals surface area contributed by atoms with Gasteiger partial charge in [-0.25, -0.2) is 0 Å². The first-order valence-electron chi connectivity index (χ1n) is 7.01. The second-order valence-electron chi connectivity index (χ2n) is 5.65. The second kappa shape index (κ2) is 5.88. The van der Waals surface area contributed by atoms with Crippen LogP contribution in [0.5, 0.6) is 0 Å². The predicted octanol–water partition coefficient (Wildman–Crippen LogP) is -0.266. The molecule has 0 aromatic heterocycles. The van der Waals surface area contributed by atoms with Crippen molar-refractivity contribution in [2.45, 2.75) is 25.7 Å². The number of carbonyl (C=O) groups excluding carboxylic acids is 1. The summed E-state index contributed by atoms with van der Waals surface area (Å²) in [7, 11) is 0. The van der Waals surface area contributed by atoms with E-state index in [0.29, 0.717) is 19.6 Å². The Bertz CT molecular complexity index is 350. The van der Waals surface area contributed by atoms with Crippen LogP contribution in [0.2, 0.25) is 0 Å². The van der Waals surface area contributed by atoms with Crippen LogP contribution in [0, 0.1) is 5.41 Å². The maximum Gasteiger partial charge on any atom is 0.317 e. The van der Waals surface area contributed by atoms with Crippen LogP contribution < -0.4 is 5.73 Å². The van der Waals surface area contributed by atoms with Crippen molar-refractivity contribution in [3.8, 4) is 0 Å². The molecule has 6 heteroatoms. The summed E-state index contributed by atoms with van der Waals surface area (Å²) in [5.41, 5.74) is 5.46. The SMILES string of the molecule is NCC1(C(=O)N2CCCN(CC(=O)O)CC2)CCC1. The number of hydrogen-bond donors (Lipinski definition) is 2. The summed E-state index contributed by atoms with van der Waals surface area (Å²) in [4.78, 5) is 27.0. The zero-order chi connectivity index (χ0) is 13.9. The van der Waals surface area contributed by atoms with Crippen LogP contribution in [-0.4, -0.2) is 66.1 Å². The molecule has 3 N–H and O–H groups in total. The fourth-order valence-electron chi connectivity index (χ4n) is 2.97. The molecule has 0 spiro atoms. The molecule has 6 nitrogen and oxygen atoms in total. The number of carboxylic acids is 1.